The predicted octanol–water partition coefficient (Wildman–Crippen LogP) is 2.30. The van der Waals surface area contributed by atoms with Gasteiger partial charge in [0.2, 0.25) is 0 Å². The average molecular weight is 290 g/mol. The van der Waals surface area contributed by atoms with Gasteiger partial charge in [-0.25, -0.2) is 0 Å². The molecule has 0 radical (unpaired) electrons. The fourth-order valence-corrected chi connectivity index (χ4v) is 3.55. The van der Waals surface area contributed by atoms with Crippen LogP contribution in [-0.2, 0) is 6.42 Å². The van der Waals surface area contributed by atoms with Crippen molar-refractivity contribution >= 4 is 0 Å². The monoisotopic (exact) mass is 290 g/mol. The Morgan fingerprint density at radius 1 is 1.24 bits per heavy atom. The van der Waals surface area contributed by atoms with Crippen LogP contribution in [-0.4, -0.2) is 48.8 Å². The van der Waals surface area contributed by atoms with Crippen LogP contribution in [0.1, 0.15) is 31.7 Å². The van der Waals surface area contributed by atoms with Crippen molar-refractivity contribution in [2.24, 2.45) is 5.92 Å². The van der Waals surface area contributed by atoms with E-state index >= 15 is 0 Å². The molecule has 0 saturated heterocycles. The van der Waals surface area contributed by atoms with Crippen LogP contribution >= 0.6 is 0 Å². The van der Waals surface area contributed by atoms with Gasteiger partial charge in [-0.15, -0.1) is 0 Å². The first-order valence-corrected chi connectivity index (χ1v) is 8.11. The number of hydrogen-bond acceptors (Lipinski definition) is 3. The topological polar surface area (TPSA) is 35.5 Å². The highest BCUT2D eigenvalue weighted by Crippen LogP contribution is 2.29. The van der Waals surface area contributed by atoms with E-state index in [4.69, 9.17) is 0 Å². The van der Waals surface area contributed by atoms with Gasteiger partial charge in [0.1, 0.15) is 0 Å². The van der Waals surface area contributed by atoms with E-state index in [1.807, 2.05) is 25.9 Å². The molecule has 118 valence electrons. The van der Waals surface area contributed by atoms with Gasteiger partial charge in [-0.1, -0.05) is 36.8 Å². The minimum absolute atomic E-state index is 0.541. The predicted molar refractivity (Wildman–Crippen MR) is 88.5 cm³/mol. The van der Waals surface area contributed by atoms with Crippen molar-refractivity contribution < 1.29 is 5.11 Å². The molecule has 3 heteroatoms. The Balaban J connectivity index is 1.85. The molecule has 1 aromatic carbocycles. The van der Waals surface area contributed by atoms with Crippen LogP contribution in [0, 0.1) is 5.92 Å². The molecule has 0 heterocycles. The van der Waals surface area contributed by atoms with Crippen molar-refractivity contribution in [2.75, 3.05) is 27.2 Å². The molecule has 0 aliphatic heterocycles. The molecule has 3 nitrogen and oxygen atoms in total. The third-order valence-electron chi connectivity index (χ3n) is 4.40. The molecular formula is C18H30N2O. The molecule has 21 heavy (non-hydrogen) atoms. The van der Waals surface area contributed by atoms with E-state index in [9.17, 15) is 5.11 Å². The minimum Gasteiger partial charge on any atom is -0.388 e. The Morgan fingerprint density at radius 2 is 1.95 bits per heavy atom. The normalized spacial score (nSPS) is 25.2. The second-order valence-electron chi connectivity index (χ2n) is 7.10. The van der Waals surface area contributed by atoms with E-state index in [0.717, 1.165) is 6.42 Å². The summed E-state index contributed by atoms with van der Waals surface area (Å²) in [5.74, 6) is 0.697. The molecule has 3 atom stereocenters. The fourth-order valence-electron chi connectivity index (χ4n) is 3.55. The summed E-state index contributed by atoms with van der Waals surface area (Å²) in [7, 11) is 4.00. The van der Waals surface area contributed by atoms with Crippen LogP contribution in [0.2, 0.25) is 0 Å². The molecule has 2 N–H and O–H groups in total. The largest absolute Gasteiger partial charge is 0.388 e. The SMILES string of the molecule is CN(C)CC(C)(O)CNC1CCCC1Cc1ccccc1. The quantitative estimate of drug-likeness (QED) is 0.809. The number of nitrogens with one attached hydrogen (secondary N) is 1. The molecule has 1 saturated carbocycles. The summed E-state index contributed by atoms with van der Waals surface area (Å²) in [4.78, 5) is 2.04. The summed E-state index contributed by atoms with van der Waals surface area (Å²) in [6.45, 7) is 3.28. The van der Waals surface area contributed by atoms with E-state index in [1.165, 1.54) is 24.8 Å². The van der Waals surface area contributed by atoms with Crippen LogP contribution < -0.4 is 5.32 Å². The van der Waals surface area contributed by atoms with Gasteiger partial charge in [0.25, 0.3) is 0 Å². The highest BCUT2D eigenvalue weighted by Gasteiger charge is 2.29. The van der Waals surface area contributed by atoms with Crippen molar-refractivity contribution in [2.45, 2.75) is 44.2 Å². The van der Waals surface area contributed by atoms with E-state index < -0.39 is 5.60 Å². The maximum absolute atomic E-state index is 10.4. The third kappa shape index (κ3) is 5.42. The molecule has 1 aromatic rings. The maximum atomic E-state index is 10.4. The van der Waals surface area contributed by atoms with Gasteiger partial charge in [0.15, 0.2) is 0 Å². The number of likely N-dealkylation sites (N-methyl/N-ethyl adjacent to an activating group) is 1. The lowest BCUT2D eigenvalue weighted by atomic mass is 9.94. The molecule has 3 unspecified atom stereocenters. The second-order valence-corrected chi connectivity index (χ2v) is 7.10. The summed E-state index contributed by atoms with van der Waals surface area (Å²) < 4.78 is 0. The van der Waals surface area contributed by atoms with E-state index in [-0.39, 0.29) is 0 Å². The summed E-state index contributed by atoms with van der Waals surface area (Å²) in [5.41, 5.74) is 0.764. The minimum atomic E-state index is -0.663. The number of aliphatic hydroxyl groups is 1. The lowest BCUT2D eigenvalue weighted by Gasteiger charge is -2.30. The Kier molecular flexibility index (Phi) is 5.80. The van der Waals surface area contributed by atoms with Crippen LogP contribution in [0.25, 0.3) is 0 Å². The maximum Gasteiger partial charge on any atom is 0.0869 e. The average Bonchev–Trinajstić information content (AvgIpc) is 2.84. The Hall–Kier alpha value is -0.900. The van der Waals surface area contributed by atoms with Crippen molar-refractivity contribution in [3.63, 3.8) is 0 Å². The van der Waals surface area contributed by atoms with Gasteiger partial charge in [0.05, 0.1) is 5.60 Å². The molecule has 1 fully saturated rings. The van der Waals surface area contributed by atoms with E-state index in [2.05, 4.69) is 35.6 Å². The first kappa shape index (κ1) is 16.5. The van der Waals surface area contributed by atoms with Gasteiger partial charge >= 0.3 is 0 Å². The van der Waals surface area contributed by atoms with Crippen LogP contribution in [0.5, 0.6) is 0 Å². The zero-order valence-electron chi connectivity index (χ0n) is 13.7. The Morgan fingerprint density at radius 3 is 2.62 bits per heavy atom. The van der Waals surface area contributed by atoms with Crippen molar-refractivity contribution in [3.05, 3.63) is 35.9 Å². The highest BCUT2D eigenvalue weighted by molar-refractivity contribution is 5.16. The standard InChI is InChI=1S/C18H30N2O/c1-18(21,14-20(2)3)13-19-17-11-7-10-16(17)12-15-8-5-4-6-9-15/h4-6,8-9,16-17,19,21H,7,10-14H2,1-3H3. The van der Waals surface area contributed by atoms with Crippen molar-refractivity contribution in [3.8, 4) is 0 Å². The first-order valence-electron chi connectivity index (χ1n) is 8.11. The van der Waals surface area contributed by atoms with Gasteiger partial charge < -0.3 is 15.3 Å². The summed E-state index contributed by atoms with van der Waals surface area (Å²) in [5, 5.41) is 14.0. The summed E-state index contributed by atoms with van der Waals surface area (Å²) in [6.07, 6.45) is 4.97. The molecule has 0 amide bonds. The Labute approximate surface area is 129 Å². The lowest BCUT2D eigenvalue weighted by molar-refractivity contribution is 0.0302. The van der Waals surface area contributed by atoms with Gasteiger partial charge in [-0.05, 0) is 51.8 Å². The van der Waals surface area contributed by atoms with E-state index in [1.54, 1.807) is 0 Å². The number of nitrogens with zero attached hydrogens (tertiary/aromatic N) is 1. The molecular weight excluding hydrogens is 260 g/mol. The fraction of sp³-hybridized carbons (Fsp3) is 0.667. The molecule has 2 rings (SSSR count). The number of hydrogen-bond donors (Lipinski definition) is 2. The zero-order valence-corrected chi connectivity index (χ0v) is 13.7. The van der Waals surface area contributed by atoms with Crippen LogP contribution in [0.15, 0.2) is 30.3 Å². The van der Waals surface area contributed by atoms with Gasteiger partial charge in [-0.2, -0.15) is 0 Å². The molecule has 0 spiro atoms. The highest BCUT2D eigenvalue weighted by atomic mass is 16.3. The second kappa shape index (κ2) is 7.39. The molecule has 1 aliphatic rings. The van der Waals surface area contributed by atoms with E-state index in [0.29, 0.717) is 25.0 Å². The summed E-state index contributed by atoms with van der Waals surface area (Å²) >= 11 is 0. The van der Waals surface area contributed by atoms with Crippen molar-refractivity contribution in [1.29, 1.82) is 0 Å². The zero-order chi connectivity index (χ0) is 15.3. The molecule has 1 aliphatic carbocycles. The van der Waals surface area contributed by atoms with Crippen molar-refractivity contribution in [1.82, 2.24) is 10.2 Å². The molecule has 0 aromatic heterocycles. The van der Waals surface area contributed by atoms with Crippen LogP contribution in [0.3, 0.4) is 0 Å². The van der Waals surface area contributed by atoms with Crippen LogP contribution in [0.4, 0.5) is 0 Å². The molecule has 0 bridgehead atoms. The lowest BCUT2D eigenvalue weighted by Crippen LogP contribution is -2.49. The van der Waals surface area contributed by atoms with Gasteiger partial charge in [0, 0.05) is 19.1 Å². The first-order chi connectivity index (χ1) is 9.96. The number of rotatable bonds is 7. The summed E-state index contributed by atoms with van der Waals surface area (Å²) in [6, 6.07) is 11.3. The van der Waals surface area contributed by atoms with Gasteiger partial charge in [-0.3, -0.25) is 0 Å². The number of benzene rings is 1. The Bertz CT molecular complexity index is 416. The third-order valence-corrected chi connectivity index (χ3v) is 4.40. The smallest absolute Gasteiger partial charge is 0.0869 e.